The number of rotatable bonds is 5. The van der Waals surface area contributed by atoms with Crippen molar-refractivity contribution in [1.82, 2.24) is 25.0 Å². The molecule has 2 aromatic rings. The smallest absolute Gasteiger partial charge is 0.227 e. The predicted molar refractivity (Wildman–Crippen MR) is 87.3 cm³/mol. The fourth-order valence-corrected chi connectivity index (χ4v) is 2.94. The zero-order chi connectivity index (χ0) is 16.9. The lowest BCUT2D eigenvalue weighted by molar-refractivity contribution is -0.132. The van der Waals surface area contributed by atoms with Crippen LogP contribution in [0.3, 0.4) is 0 Å². The number of amides is 1. The van der Waals surface area contributed by atoms with E-state index in [1.807, 2.05) is 18.7 Å². The van der Waals surface area contributed by atoms with Gasteiger partial charge < -0.3 is 9.42 Å². The summed E-state index contributed by atoms with van der Waals surface area (Å²) in [4.78, 5) is 27.2. The van der Waals surface area contributed by atoms with Gasteiger partial charge in [-0.15, -0.1) is 0 Å². The summed E-state index contributed by atoms with van der Waals surface area (Å²) in [5.74, 6) is 1.86. The predicted octanol–water partition coefficient (Wildman–Crippen LogP) is 2.32. The Kier molecular flexibility index (Phi) is 5.17. The fraction of sp³-hybridized carbons (Fsp3) is 0.588. The number of hydrogen-bond donors (Lipinski definition) is 0. The minimum absolute atomic E-state index is 0.132. The fourth-order valence-electron chi connectivity index (χ4n) is 2.94. The van der Waals surface area contributed by atoms with Gasteiger partial charge in [-0.05, 0) is 12.8 Å². The SMILES string of the molecule is CC(C)c1noc(CCC(=O)N2CCCC(c3cnccn3)C2)n1. The van der Waals surface area contributed by atoms with Gasteiger partial charge in [-0.1, -0.05) is 19.0 Å². The standard InChI is InChI=1S/C17H23N5O2/c1-12(2)17-20-15(24-21-17)5-6-16(23)22-9-3-4-13(11-22)14-10-18-7-8-19-14/h7-8,10,12-13H,3-6,9,11H2,1-2H3. The highest BCUT2D eigenvalue weighted by Gasteiger charge is 2.25. The summed E-state index contributed by atoms with van der Waals surface area (Å²) in [5.41, 5.74) is 0.966. The Hall–Kier alpha value is -2.31. The van der Waals surface area contributed by atoms with Crippen molar-refractivity contribution in [3.63, 3.8) is 0 Å². The number of piperidine rings is 1. The minimum Gasteiger partial charge on any atom is -0.342 e. The molecule has 1 aliphatic heterocycles. The van der Waals surface area contributed by atoms with Gasteiger partial charge in [0.1, 0.15) is 0 Å². The van der Waals surface area contributed by atoms with Crippen molar-refractivity contribution in [3.8, 4) is 0 Å². The van der Waals surface area contributed by atoms with Gasteiger partial charge in [0.15, 0.2) is 5.82 Å². The van der Waals surface area contributed by atoms with Crippen molar-refractivity contribution in [1.29, 1.82) is 0 Å². The van der Waals surface area contributed by atoms with Crippen LogP contribution in [0.25, 0.3) is 0 Å². The number of nitrogens with zero attached hydrogens (tertiary/aromatic N) is 5. The van der Waals surface area contributed by atoms with Crippen LogP contribution in [-0.2, 0) is 11.2 Å². The average Bonchev–Trinajstić information content (AvgIpc) is 3.10. The van der Waals surface area contributed by atoms with Crippen LogP contribution in [0.2, 0.25) is 0 Å². The van der Waals surface area contributed by atoms with Crippen LogP contribution in [0.1, 0.15) is 62.4 Å². The van der Waals surface area contributed by atoms with E-state index in [0.29, 0.717) is 31.1 Å². The summed E-state index contributed by atoms with van der Waals surface area (Å²) in [6.45, 7) is 5.54. The summed E-state index contributed by atoms with van der Waals surface area (Å²) in [7, 11) is 0. The molecule has 3 rings (SSSR count). The second kappa shape index (κ2) is 7.51. The lowest BCUT2D eigenvalue weighted by Gasteiger charge is -2.32. The highest BCUT2D eigenvalue weighted by atomic mass is 16.5. The second-order valence-electron chi connectivity index (χ2n) is 6.51. The molecule has 0 aromatic carbocycles. The Morgan fingerprint density at radius 3 is 3.00 bits per heavy atom. The molecule has 1 aliphatic rings. The van der Waals surface area contributed by atoms with Crippen LogP contribution in [0.4, 0.5) is 0 Å². The number of carbonyl (C=O) groups excluding carboxylic acids is 1. The maximum Gasteiger partial charge on any atom is 0.227 e. The van der Waals surface area contributed by atoms with E-state index in [1.165, 1.54) is 0 Å². The number of likely N-dealkylation sites (tertiary alicyclic amines) is 1. The molecule has 1 unspecified atom stereocenters. The molecule has 0 aliphatic carbocycles. The Morgan fingerprint density at radius 2 is 2.29 bits per heavy atom. The first-order valence-electron chi connectivity index (χ1n) is 8.49. The summed E-state index contributed by atoms with van der Waals surface area (Å²) in [6.07, 6.45) is 8.10. The van der Waals surface area contributed by atoms with Gasteiger partial charge >= 0.3 is 0 Å². The number of carbonyl (C=O) groups is 1. The van der Waals surface area contributed by atoms with Crippen LogP contribution in [0.5, 0.6) is 0 Å². The Morgan fingerprint density at radius 1 is 1.42 bits per heavy atom. The molecule has 7 heteroatoms. The third-order valence-corrected chi connectivity index (χ3v) is 4.33. The third-order valence-electron chi connectivity index (χ3n) is 4.33. The molecule has 128 valence electrons. The van der Waals surface area contributed by atoms with Crippen LogP contribution in [0.15, 0.2) is 23.1 Å². The van der Waals surface area contributed by atoms with Gasteiger partial charge in [0, 0.05) is 56.4 Å². The van der Waals surface area contributed by atoms with E-state index in [1.54, 1.807) is 18.6 Å². The molecule has 0 bridgehead atoms. The largest absolute Gasteiger partial charge is 0.342 e. The molecule has 3 heterocycles. The first kappa shape index (κ1) is 16.5. The molecule has 1 fully saturated rings. The highest BCUT2D eigenvalue weighted by Crippen LogP contribution is 2.25. The van der Waals surface area contributed by atoms with Gasteiger partial charge in [0.05, 0.1) is 5.69 Å². The van der Waals surface area contributed by atoms with Gasteiger partial charge in [-0.25, -0.2) is 0 Å². The summed E-state index contributed by atoms with van der Waals surface area (Å²) in [5, 5.41) is 3.93. The van der Waals surface area contributed by atoms with Crippen LogP contribution in [-0.4, -0.2) is 44.0 Å². The zero-order valence-corrected chi connectivity index (χ0v) is 14.2. The molecule has 2 aromatic heterocycles. The molecule has 1 saturated heterocycles. The van der Waals surface area contributed by atoms with Crippen LogP contribution < -0.4 is 0 Å². The zero-order valence-electron chi connectivity index (χ0n) is 14.2. The summed E-state index contributed by atoms with van der Waals surface area (Å²) < 4.78 is 5.20. The van der Waals surface area contributed by atoms with E-state index in [2.05, 4.69) is 20.1 Å². The normalized spacial score (nSPS) is 18.1. The maximum atomic E-state index is 12.5. The minimum atomic E-state index is 0.132. The topological polar surface area (TPSA) is 85.0 Å². The van der Waals surface area contributed by atoms with Gasteiger partial charge in [0.25, 0.3) is 0 Å². The number of aromatic nitrogens is 4. The first-order chi connectivity index (χ1) is 11.6. The number of aryl methyl sites for hydroxylation is 1. The van der Waals surface area contributed by atoms with Crippen molar-refractivity contribution in [2.45, 2.75) is 51.4 Å². The van der Waals surface area contributed by atoms with E-state index in [-0.39, 0.29) is 17.7 Å². The quantitative estimate of drug-likeness (QED) is 0.837. The molecular weight excluding hydrogens is 306 g/mol. The van der Waals surface area contributed by atoms with E-state index < -0.39 is 0 Å². The van der Waals surface area contributed by atoms with Crippen LogP contribution >= 0.6 is 0 Å². The van der Waals surface area contributed by atoms with E-state index in [9.17, 15) is 4.79 Å². The Labute approximate surface area is 141 Å². The molecule has 0 spiro atoms. The van der Waals surface area contributed by atoms with Gasteiger partial charge in [-0.3, -0.25) is 14.8 Å². The summed E-state index contributed by atoms with van der Waals surface area (Å²) >= 11 is 0. The van der Waals surface area contributed by atoms with Crippen molar-refractivity contribution in [2.24, 2.45) is 0 Å². The van der Waals surface area contributed by atoms with Gasteiger partial charge in [0.2, 0.25) is 11.8 Å². The molecule has 7 nitrogen and oxygen atoms in total. The van der Waals surface area contributed by atoms with Crippen molar-refractivity contribution < 1.29 is 9.32 Å². The monoisotopic (exact) mass is 329 g/mol. The number of hydrogen-bond acceptors (Lipinski definition) is 6. The average molecular weight is 329 g/mol. The molecular formula is C17H23N5O2. The Bertz CT molecular complexity index is 671. The Balaban J connectivity index is 1.54. The molecule has 1 atom stereocenters. The lowest BCUT2D eigenvalue weighted by Crippen LogP contribution is -2.39. The van der Waals surface area contributed by atoms with Gasteiger partial charge in [-0.2, -0.15) is 4.98 Å². The maximum absolute atomic E-state index is 12.5. The summed E-state index contributed by atoms with van der Waals surface area (Å²) in [6, 6.07) is 0. The molecule has 0 saturated carbocycles. The van der Waals surface area contributed by atoms with Crippen molar-refractivity contribution in [2.75, 3.05) is 13.1 Å². The molecule has 0 radical (unpaired) electrons. The molecule has 24 heavy (non-hydrogen) atoms. The second-order valence-corrected chi connectivity index (χ2v) is 6.51. The first-order valence-corrected chi connectivity index (χ1v) is 8.49. The van der Waals surface area contributed by atoms with E-state index in [0.717, 1.165) is 25.1 Å². The van der Waals surface area contributed by atoms with Crippen LogP contribution in [0, 0.1) is 0 Å². The highest BCUT2D eigenvalue weighted by molar-refractivity contribution is 5.76. The third kappa shape index (κ3) is 3.96. The van der Waals surface area contributed by atoms with Crippen molar-refractivity contribution >= 4 is 5.91 Å². The van der Waals surface area contributed by atoms with E-state index in [4.69, 9.17) is 4.52 Å². The molecule has 1 amide bonds. The lowest BCUT2D eigenvalue weighted by atomic mass is 9.95. The van der Waals surface area contributed by atoms with E-state index >= 15 is 0 Å². The molecule has 0 N–H and O–H groups in total. The van der Waals surface area contributed by atoms with Crippen molar-refractivity contribution in [3.05, 3.63) is 36.0 Å².